The lowest BCUT2D eigenvalue weighted by Crippen LogP contribution is -2.42. The minimum absolute atomic E-state index is 0.0297. The largest absolute Gasteiger partial charge is 0.508 e. The molecule has 0 aliphatic heterocycles. The molecule has 0 spiro atoms. The molecule has 0 radical (unpaired) electrons. The predicted molar refractivity (Wildman–Crippen MR) is 277 cm³/mol. The van der Waals surface area contributed by atoms with Crippen LogP contribution in [0.4, 0.5) is 23.3 Å². The second-order valence-corrected chi connectivity index (χ2v) is 17.1. The van der Waals surface area contributed by atoms with E-state index in [2.05, 4.69) is 71.1 Å². The molecule has 26 nitrogen and oxygen atoms in total. The molecular weight excluding hydrogens is 985 g/mol. The maximum absolute atomic E-state index is 12.8. The number of hydrogen-bond donors (Lipinski definition) is 14. The van der Waals surface area contributed by atoms with Crippen LogP contribution < -0.4 is 43.9 Å². The van der Waals surface area contributed by atoms with E-state index >= 15 is 0 Å². The number of aliphatic carboxylic acids is 2. The first-order chi connectivity index (χ1) is 36.5. The lowest BCUT2D eigenvalue weighted by molar-refractivity contribution is -0.140. The lowest BCUT2D eigenvalue weighted by atomic mass is 10.0. The van der Waals surface area contributed by atoms with Crippen molar-refractivity contribution in [3.05, 3.63) is 164 Å². The topological polar surface area (TPSA) is 424 Å². The van der Waals surface area contributed by atoms with Crippen molar-refractivity contribution in [1.29, 1.82) is 0 Å². The fourth-order valence-corrected chi connectivity index (χ4v) is 7.97. The van der Waals surface area contributed by atoms with E-state index in [9.17, 15) is 49.2 Å². The molecule has 10 aromatic rings. The molecule has 0 saturated heterocycles. The van der Waals surface area contributed by atoms with Gasteiger partial charge in [0, 0.05) is 69.5 Å². The van der Waals surface area contributed by atoms with Gasteiger partial charge in [0.2, 0.25) is 11.9 Å². The highest BCUT2D eigenvalue weighted by Crippen LogP contribution is 2.26. The fourth-order valence-electron chi connectivity index (χ4n) is 7.97. The van der Waals surface area contributed by atoms with Crippen LogP contribution >= 0.6 is 0 Å². The van der Waals surface area contributed by atoms with E-state index in [1.165, 1.54) is 24.5 Å². The van der Waals surface area contributed by atoms with Gasteiger partial charge in [0.25, 0.3) is 22.9 Å². The van der Waals surface area contributed by atoms with E-state index in [1.807, 2.05) is 0 Å². The zero-order chi connectivity index (χ0) is 53.6. The number of carboxylic acid groups (broad SMARTS) is 2. The summed E-state index contributed by atoms with van der Waals surface area (Å²) in [7, 11) is 0. The predicted octanol–water partition coefficient (Wildman–Crippen LogP) is 3.04. The Morgan fingerprint density at radius 1 is 0.553 bits per heavy atom. The number of nitrogens with one attached hydrogen (secondary N) is 8. The van der Waals surface area contributed by atoms with E-state index < -0.39 is 47.0 Å². The van der Waals surface area contributed by atoms with E-state index in [-0.39, 0.29) is 82.8 Å². The van der Waals surface area contributed by atoms with Gasteiger partial charge in [-0.05, 0) is 96.1 Å². The van der Waals surface area contributed by atoms with Crippen LogP contribution in [0.15, 0.2) is 119 Å². The number of nitrogens with two attached hydrogens (primary N) is 2. The number of hydrogen-bond acceptors (Lipinski definition) is 18. The summed E-state index contributed by atoms with van der Waals surface area (Å²) in [5.41, 5.74) is 16.2. The minimum atomic E-state index is -1.18. The van der Waals surface area contributed by atoms with Crippen molar-refractivity contribution >= 4 is 91.2 Å². The van der Waals surface area contributed by atoms with Gasteiger partial charge in [-0.2, -0.15) is 9.97 Å². The molecule has 0 aliphatic rings. The molecule has 26 heteroatoms. The van der Waals surface area contributed by atoms with Gasteiger partial charge >= 0.3 is 11.9 Å². The minimum Gasteiger partial charge on any atom is -0.508 e. The maximum atomic E-state index is 12.8. The average molecular weight is 1030 g/mol. The molecular formula is C50H44N16O10. The van der Waals surface area contributed by atoms with Crippen LogP contribution in [0, 0.1) is 0 Å². The molecule has 6 aromatic heterocycles. The Kier molecular flexibility index (Phi) is 14.1. The second kappa shape index (κ2) is 21.4. The number of aromatic nitrogens is 10. The number of anilines is 4. The first-order valence-corrected chi connectivity index (χ1v) is 22.9. The molecule has 76 heavy (non-hydrogen) atoms. The summed E-state index contributed by atoms with van der Waals surface area (Å²) in [4.78, 5) is 109. The van der Waals surface area contributed by atoms with Crippen LogP contribution in [0.1, 0.15) is 43.2 Å². The van der Waals surface area contributed by atoms with Crippen molar-refractivity contribution in [2.24, 2.45) is 0 Å². The summed E-state index contributed by atoms with van der Waals surface area (Å²) in [5.74, 6) is -3.41. The third-order valence-corrected chi connectivity index (χ3v) is 11.8. The molecule has 2 atom stereocenters. The number of H-pyrrole nitrogens is 4. The molecule has 0 aliphatic carbocycles. The molecule has 0 fully saturated rings. The van der Waals surface area contributed by atoms with Gasteiger partial charge in [-0.15, -0.1) is 0 Å². The van der Waals surface area contributed by atoms with Crippen LogP contribution in [0.3, 0.4) is 0 Å². The number of nitrogen functional groups attached to an aromatic ring is 2. The summed E-state index contributed by atoms with van der Waals surface area (Å²) < 4.78 is 0. The zero-order valence-corrected chi connectivity index (χ0v) is 39.5. The van der Waals surface area contributed by atoms with Crippen molar-refractivity contribution in [1.82, 2.24) is 60.5 Å². The Hall–Kier alpha value is -10.9. The molecule has 0 bridgehead atoms. The van der Waals surface area contributed by atoms with Gasteiger partial charge in [-0.25, -0.2) is 29.5 Å². The Balaban J connectivity index is 0.000000186. The number of carbonyl (C=O) groups excluding carboxylic acids is 2. The monoisotopic (exact) mass is 1030 g/mol. The van der Waals surface area contributed by atoms with Gasteiger partial charge in [-0.1, -0.05) is 0 Å². The van der Waals surface area contributed by atoms with E-state index in [0.717, 1.165) is 11.0 Å². The third-order valence-electron chi connectivity index (χ3n) is 11.8. The number of carbonyl (C=O) groups is 4. The highest BCUT2D eigenvalue weighted by atomic mass is 16.4. The summed E-state index contributed by atoms with van der Waals surface area (Å²) in [5, 5.41) is 51.6. The Bertz CT molecular complexity index is 3710. The number of fused-ring (bicyclic) bond motifs is 4. The number of phenolic OH excluding ortho intramolecular Hbond substituents is 2. The normalized spacial score (nSPS) is 11.9. The maximum Gasteiger partial charge on any atom is 0.326 e. The smallest absolute Gasteiger partial charge is 0.326 e. The summed E-state index contributed by atoms with van der Waals surface area (Å²) >= 11 is 0. The number of carboxylic acids is 2. The number of phenols is 2. The van der Waals surface area contributed by atoms with Gasteiger partial charge < -0.3 is 63.1 Å². The van der Waals surface area contributed by atoms with Crippen molar-refractivity contribution in [3.8, 4) is 11.5 Å². The van der Waals surface area contributed by atoms with Crippen LogP contribution in [-0.4, -0.2) is 106 Å². The van der Waals surface area contributed by atoms with E-state index in [4.69, 9.17) is 11.5 Å². The third kappa shape index (κ3) is 11.5. The summed E-state index contributed by atoms with van der Waals surface area (Å²) in [6.45, 7) is 0.499. The Labute approximate surface area is 425 Å². The molecule has 0 unspecified atom stereocenters. The number of rotatable bonds is 16. The molecule has 0 saturated carbocycles. The number of amides is 2. The molecule has 10 rings (SSSR count). The molecule has 6 heterocycles. The second-order valence-electron chi connectivity index (χ2n) is 17.1. The van der Waals surface area contributed by atoms with Crippen LogP contribution in [0.25, 0.3) is 44.1 Å². The van der Waals surface area contributed by atoms with E-state index in [1.54, 1.807) is 85.2 Å². The quantitative estimate of drug-likeness (QED) is 0.0661. The highest BCUT2D eigenvalue weighted by Gasteiger charge is 2.24. The van der Waals surface area contributed by atoms with Crippen LogP contribution in [0.5, 0.6) is 11.5 Å². The standard InChI is InChI=1S/2C25H22N8O5/c2*26-25-32-21-20(23(36)33-25)30-15(11-29-21)10-27-14-3-1-12(2-4-14)22(35)31-19(24(37)38)7-13-9-28-18-6-5-16(34)8-17(13)18/h2*1-6,8-9,11,19,27-28,34H,7,10H2,(H,31,35)(H,37,38)(H3,26,29,32,33,36)/t2*19-/m00/s1. The Morgan fingerprint density at radius 3 is 1.33 bits per heavy atom. The number of aromatic amines is 4. The zero-order valence-electron chi connectivity index (χ0n) is 39.5. The lowest BCUT2D eigenvalue weighted by Gasteiger charge is -2.15. The SMILES string of the molecule is Nc1nc2ncc(CNc3ccc(C(=O)N[C@@H](Cc4c[nH]c5ccc(O)cc45)C(=O)O)cc3)nc2c(=O)[nH]1.Nc1nc2ncc(CNc3ccc(C(=O)N[C@@H](Cc4c[nH]c5ccc(O)cc45)C(=O)O)cc3)nc2c(=O)[nH]1. The first kappa shape index (κ1) is 50.0. The van der Waals surface area contributed by atoms with Crippen LogP contribution in [0.2, 0.25) is 0 Å². The van der Waals surface area contributed by atoms with Gasteiger partial charge in [0.1, 0.15) is 23.6 Å². The molecule has 4 aromatic carbocycles. The van der Waals surface area contributed by atoms with E-state index in [0.29, 0.717) is 44.7 Å². The number of aromatic hydroxyl groups is 2. The number of benzene rings is 4. The first-order valence-electron chi connectivity index (χ1n) is 22.9. The van der Waals surface area contributed by atoms with Crippen molar-refractivity contribution in [2.75, 3.05) is 22.1 Å². The van der Waals surface area contributed by atoms with Crippen molar-refractivity contribution in [2.45, 2.75) is 38.0 Å². The van der Waals surface area contributed by atoms with Crippen LogP contribution in [-0.2, 0) is 35.5 Å². The highest BCUT2D eigenvalue weighted by molar-refractivity contribution is 5.98. The molecule has 384 valence electrons. The molecule has 16 N–H and O–H groups in total. The fraction of sp³-hybridized carbons (Fsp3) is 0.120. The van der Waals surface area contributed by atoms with Gasteiger partial charge in [0.05, 0.1) is 36.9 Å². The average Bonchev–Trinajstić information content (AvgIpc) is 3.99. The Morgan fingerprint density at radius 2 is 0.947 bits per heavy atom. The summed E-state index contributed by atoms with van der Waals surface area (Å²) in [6, 6.07) is 20.1. The van der Waals surface area contributed by atoms with Gasteiger partial charge in [-0.3, -0.25) is 29.1 Å². The van der Waals surface area contributed by atoms with Gasteiger partial charge in [0.15, 0.2) is 22.3 Å². The summed E-state index contributed by atoms with van der Waals surface area (Å²) in [6.07, 6.45) is 6.33. The molecule has 2 amide bonds. The van der Waals surface area contributed by atoms with Crippen molar-refractivity contribution in [3.63, 3.8) is 0 Å². The number of nitrogens with zero attached hydrogens (tertiary/aromatic N) is 6. The van der Waals surface area contributed by atoms with Crippen molar-refractivity contribution < 1.29 is 39.6 Å².